The molecule has 0 radical (unpaired) electrons. The van der Waals surface area contributed by atoms with Gasteiger partial charge in [0.25, 0.3) is 5.91 Å². The van der Waals surface area contributed by atoms with Gasteiger partial charge in [0.1, 0.15) is 11.6 Å². The van der Waals surface area contributed by atoms with Crippen LogP contribution in [0.4, 0.5) is 10.1 Å². The van der Waals surface area contributed by atoms with Crippen LogP contribution in [0.1, 0.15) is 17.2 Å². The Balaban J connectivity index is 1.84. The van der Waals surface area contributed by atoms with Crippen LogP contribution in [-0.2, 0) is 4.79 Å². The molecule has 1 heterocycles. The first kappa shape index (κ1) is 23.0. The fourth-order valence-corrected chi connectivity index (χ4v) is 4.16. The van der Waals surface area contributed by atoms with Crippen molar-refractivity contribution in [2.24, 2.45) is 0 Å². The molecule has 1 aliphatic rings. The maximum Gasteiger partial charge on any atom is 0.256 e. The molecular weight excluding hydrogens is 484 g/mol. The van der Waals surface area contributed by atoms with Gasteiger partial charge in [0.2, 0.25) is 0 Å². The largest absolute Gasteiger partial charge is 0.497 e. The molecule has 3 aromatic carbocycles. The predicted molar refractivity (Wildman–Crippen MR) is 133 cm³/mol. The van der Waals surface area contributed by atoms with Crippen LogP contribution in [0.15, 0.2) is 72.3 Å². The van der Waals surface area contributed by atoms with Gasteiger partial charge in [0.05, 0.1) is 35.1 Å². The molecule has 4 rings (SSSR count). The van der Waals surface area contributed by atoms with E-state index in [-0.39, 0.29) is 5.82 Å². The Labute approximate surface area is 205 Å². The molecular formula is C24H18Cl2FN3O2S. The first-order chi connectivity index (χ1) is 15.9. The molecule has 0 aromatic heterocycles. The molecule has 1 amide bonds. The summed E-state index contributed by atoms with van der Waals surface area (Å²) in [4.78, 5) is 13.6. The molecule has 1 atom stereocenters. The van der Waals surface area contributed by atoms with E-state index >= 15 is 0 Å². The third kappa shape index (κ3) is 5.11. The highest BCUT2D eigenvalue weighted by atomic mass is 35.5. The average molecular weight is 502 g/mol. The van der Waals surface area contributed by atoms with Crippen molar-refractivity contribution in [3.8, 4) is 5.75 Å². The third-order valence-electron chi connectivity index (χ3n) is 5.08. The lowest BCUT2D eigenvalue weighted by Crippen LogP contribution is -2.45. The molecule has 0 saturated heterocycles. The van der Waals surface area contributed by atoms with Crippen LogP contribution in [0, 0.1) is 5.82 Å². The minimum Gasteiger partial charge on any atom is -0.497 e. The summed E-state index contributed by atoms with van der Waals surface area (Å²) in [5.74, 6) is -0.125. The summed E-state index contributed by atoms with van der Waals surface area (Å²) >= 11 is 17.7. The van der Waals surface area contributed by atoms with Crippen LogP contribution in [-0.4, -0.2) is 18.1 Å². The summed E-state index contributed by atoms with van der Waals surface area (Å²) in [7, 11) is 1.57. The lowest BCUT2D eigenvalue weighted by Gasteiger charge is -2.32. The number of carbonyl (C=O) groups excluding carboxylic acids is 1. The number of hydrogen-bond acceptors (Lipinski definition) is 3. The summed E-state index contributed by atoms with van der Waals surface area (Å²) in [6.07, 6.45) is 0. The molecule has 0 spiro atoms. The number of amides is 1. The minimum atomic E-state index is -0.637. The number of anilines is 1. The number of carbonyl (C=O) groups is 1. The number of methoxy groups -OCH3 is 1. The zero-order valence-corrected chi connectivity index (χ0v) is 19.6. The second-order valence-electron chi connectivity index (χ2n) is 7.18. The lowest BCUT2D eigenvalue weighted by atomic mass is 9.92. The quantitative estimate of drug-likeness (QED) is 0.390. The van der Waals surface area contributed by atoms with E-state index in [2.05, 4.69) is 16.0 Å². The molecule has 33 heavy (non-hydrogen) atoms. The summed E-state index contributed by atoms with van der Waals surface area (Å²) in [6, 6.07) is 17.2. The minimum absolute atomic E-state index is 0.299. The number of rotatable bonds is 5. The van der Waals surface area contributed by atoms with E-state index in [0.29, 0.717) is 43.4 Å². The van der Waals surface area contributed by atoms with Gasteiger partial charge in [0, 0.05) is 5.02 Å². The van der Waals surface area contributed by atoms with Crippen molar-refractivity contribution in [1.29, 1.82) is 0 Å². The van der Waals surface area contributed by atoms with Gasteiger partial charge in [-0.05, 0) is 77.9 Å². The molecule has 0 aliphatic carbocycles. The van der Waals surface area contributed by atoms with Crippen molar-refractivity contribution >= 4 is 57.8 Å². The molecule has 0 fully saturated rings. The van der Waals surface area contributed by atoms with E-state index in [1.54, 1.807) is 49.6 Å². The number of ether oxygens (including phenoxy) is 1. The van der Waals surface area contributed by atoms with Crippen LogP contribution < -0.4 is 20.7 Å². The summed E-state index contributed by atoms with van der Waals surface area (Å²) in [5, 5.41) is 10.1. The zero-order valence-electron chi connectivity index (χ0n) is 17.3. The number of nitrogens with one attached hydrogen (secondary N) is 3. The Morgan fingerprint density at radius 1 is 1.06 bits per heavy atom. The highest BCUT2D eigenvalue weighted by molar-refractivity contribution is 7.80. The topological polar surface area (TPSA) is 62.4 Å². The second kappa shape index (κ2) is 9.79. The van der Waals surface area contributed by atoms with E-state index < -0.39 is 11.9 Å². The van der Waals surface area contributed by atoms with Gasteiger partial charge in [-0.25, -0.2) is 4.39 Å². The Hall–Kier alpha value is -3.13. The first-order valence-corrected chi connectivity index (χ1v) is 11.0. The SMILES string of the molecule is COc1ccc(C2=C(C(=O)Nc3ccc(Cl)cc3Cl)C(c3ccc(F)cc3)NC(=S)N2)cc1. The van der Waals surface area contributed by atoms with E-state index in [1.807, 2.05) is 12.1 Å². The van der Waals surface area contributed by atoms with Gasteiger partial charge in [-0.1, -0.05) is 35.3 Å². The van der Waals surface area contributed by atoms with Crippen molar-refractivity contribution in [1.82, 2.24) is 10.6 Å². The fraction of sp³-hybridized carbons (Fsp3) is 0.0833. The molecule has 0 bridgehead atoms. The molecule has 3 aromatic rings. The molecule has 1 unspecified atom stereocenters. The normalized spacial score (nSPS) is 15.5. The van der Waals surface area contributed by atoms with Gasteiger partial charge in [-0.2, -0.15) is 0 Å². The van der Waals surface area contributed by atoms with E-state index in [9.17, 15) is 9.18 Å². The monoisotopic (exact) mass is 501 g/mol. The molecule has 1 aliphatic heterocycles. The van der Waals surface area contributed by atoms with Crippen molar-refractivity contribution in [3.05, 3.63) is 99.3 Å². The number of halogens is 3. The Bertz CT molecular complexity index is 1250. The average Bonchev–Trinajstić information content (AvgIpc) is 2.81. The molecule has 5 nitrogen and oxygen atoms in total. The van der Waals surface area contributed by atoms with Crippen LogP contribution >= 0.6 is 35.4 Å². The molecule has 3 N–H and O–H groups in total. The van der Waals surface area contributed by atoms with E-state index in [0.717, 1.165) is 5.56 Å². The maximum absolute atomic E-state index is 13.6. The van der Waals surface area contributed by atoms with Crippen LogP contribution in [0.5, 0.6) is 5.75 Å². The van der Waals surface area contributed by atoms with Crippen LogP contribution in [0.3, 0.4) is 0 Å². The third-order valence-corrected chi connectivity index (χ3v) is 5.85. The Morgan fingerprint density at radius 3 is 2.39 bits per heavy atom. The molecule has 168 valence electrons. The zero-order chi connectivity index (χ0) is 23.5. The van der Waals surface area contributed by atoms with Gasteiger partial charge in [-0.15, -0.1) is 0 Å². The van der Waals surface area contributed by atoms with Crippen molar-refractivity contribution < 1.29 is 13.9 Å². The summed E-state index contributed by atoms with van der Waals surface area (Å²) in [5.41, 5.74) is 2.65. The standard InChI is InChI=1S/C24H18Cl2FN3O2S/c1-32-17-9-4-14(5-10-17)22-20(23(31)28-19-11-6-15(25)12-18(19)26)21(29-24(33)30-22)13-2-7-16(27)8-3-13/h2-12,21H,1H3,(H,28,31)(H2,29,30,33). The molecule has 0 saturated carbocycles. The van der Waals surface area contributed by atoms with Crippen LogP contribution in [0.25, 0.3) is 5.70 Å². The number of benzene rings is 3. The van der Waals surface area contributed by atoms with Crippen molar-refractivity contribution in [2.45, 2.75) is 6.04 Å². The van der Waals surface area contributed by atoms with Gasteiger partial charge in [0.15, 0.2) is 5.11 Å². The smallest absolute Gasteiger partial charge is 0.256 e. The Morgan fingerprint density at radius 2 is 1.76 bits per heavy atom. The molecule has 9 heteroatoms. The predicted octanol–water partition coefficient (Wildman–Crippen LogP) is 5.71. The second-order valence-corrected chi connectivity index (χ2v) is 8.43. The summed E-state index contributed by atoms with van der Waals surface area (Å²) in [6.45, 7) is 0. The summed E-state index contributed by atoms with van der Waals surface area (Å²) < 4.78 is 18.8. The maximum atomic E-state index is 13.6. The van der Waals surface area contributed by atoms with Crippen LogP contribution in [0.2, 0.25) is 10.0 Å². The Kier molecular flexibility index (Phi) is 6.83. The highest BCUT2D eigenvalue weighted by Gasteiger charge is 2.32. The van der Waals surface area contributed by atoms with E-state index in [4.69, 9.17) is 40.2 Å². The number of hydrogen-bond donors (Lipinski definition) is 3. The van der Waals surface area contributed by atoms with Crippen molar-refractivity contribution in [3.63, 3.8) is 0 Å². The van der Waals surface area contributed by atoms with Gasteiger partial charge < -0.3 is 20.7 Å². The highest BCUT2D eigenvalue weighted by Crippen LogP contribution is 2.34. The van der Waals surface area contributed by atoms with E-state index in [1.165, 1.54) is 12.1 Å². The first-order valence-electron chi connectivity index (χ1n) is 9.83. The van der Waals surface area contributed by atoms with Gasteiger partial charge >= 0.3 is 0 Å². The lowest BCUT2D eigenvalue weighted by molar-refractivity contribution is -0.113. The van der Waals surface area contributed by atoms with Gasteiger partial charge in [-0.3, -0.25) is 4.79 Å². The van der Waals surface area contributed by atoms with Crippen molar-refractivity contribution in [2.75, 3.05) is 12.4 Å². The number of thiocarbonyl (C=S) groups is 1. The fourth-order valence-electron chi connectivity index (χ4n) is 3.48.